The van der Waals surface area contributed by atoms with Gasteiger partial charge in [-0.2, -0.15) is 4.31 Å². The van der Waals surface area contributed by atoms with Gasteiger partial charge in [-0.15, -0.1) is 0 Å². The average Bonchev–Trinajstić information content (AvgIpc) is 3.64. The maximum absolute atomic E-state index is 13.1. The molecule has 0 radical (unpaired) electrons. The molecule has 2 aliphatic rings. The van der Waals surface area contributed by atoms with Crippen molar-refractivity contribution in [2.45, 2.75) is 49.1 Å². The van der Waals surface area contributed by atoms with Crippen LogP contribution in [0.4, 0.5) is 0 Å². The Morgan fingerprint density at radius 2 is 1.62 bits per heavy atom. The summed E-state index contributed by atoms with van der Waals surface area (Å²) in [5, 5.41) is 5.88. The van der Waals surface area contributed by atoms with E-state index in [1.807, 2.05) is 30.3 Å². The van der Waals surface area contributed by atoms with E-state index in [-0.39, 0.29) is 29.3 Å². The molecule has 1 heterocycles. The molecule has 1 aliphatic heterocycles. The van der Waals surface area contributed by atoms with Gasteiger partial charge in [-0.3, -0.25) is 9.59 Å². The van der Waals surface area contributed by atoms with Crippen molar-refractivity contribution < 1.29 is 18.0 Å². The Balaban J connectivity index is 1.44. The number of hydrogen-bond donors (Lipinski definition) is 2. The molecule has 0 spiro atoms. The number of sulfonamides is 1. The van der Waals surface area contributed by atoms with E-state index >= 15 is 0 Å². The minimum absolute atomic E-state index is 0.116. The molecule has 2 amide bonds. The highest BCUT2D eigenvalue weighted by Crippen LogP contribution is 2.24. The zero-order valence-corrected chi connectivity index (χ0v) is 18.8. The van der Waals surface area contributed by atoms with Crippen molar-refractivity contribution >= 4 is 21.8 Å². The van der Waals surface area contributed by atoms with Crippen molar-refractivity contribution in [3.63, 3.8) is 0 Å². The molecule has 2 fully saturated rings. The van der Waals surface area contributed by atoms with E-state index in [9.17, 15) is 18.0 Å². The van der Waals surface area contributed by atoms with Crippen molar-refractivity contribution in [2.24, 2.45) is 5.92 Å². The number of carbonyl (C=O) groups is 2. The summed E-state index contributed by atoms with van der Waals surface area (Å²) in [6.07, 6.45) is 3.51. The lowest BCUT2D eigenvalue weighted by Crippen LogP contribution is -2.52. The number of benzene rings is 2. The van der Waals surface area contributed by atoms with E-state index < -0.39 is 22.0 Å². The zero-order valence-electron chi connectivity index (χ0n) is 17.9. The number of nitrogens with zero attached hydrogens (tertiary/aromatic N) is 1. The summed E-state index contributed by atoms with van der Waals surface area (Å²) in [5.74, 6) is -0.951. The first kappa shape index (κ1) is 22.5. The quantitative estimate of drug-likeness (QED) is 0.637. The molecule has 2 atom stereocenters. The van der Waals surface area contributed by atoms with Gasteiger partial charge in [-0.25, -0.2) is 8.42 Å². The Hall–Kier alpha value is -2.71. The van der Waals surface area contributed by atoms with Crippen LogP contribution in [0.25, 0.3) is 0 Å². The predicted octanol–water partition coefficient (Wildman–Crippen LogP) is 2.09. The zero-order chi connectivity index (χ0) is 22.6. The highest BCUT2D eigenvalue weighted by molar-refractivity contribution is 7.89. The highest BCUT2D eigenvalue weighted by Gasteiger charge is 2.35. The fourth-order valence-electron chi connectivity index (χ4n) is 3.99. The van der Waals surface area contributed by atoms with E-state index in [2.05, 4.69) is 10.6 Å². The summed E-state index contributed by atoms with van der Waals surface area (Å²) in [6.45, 7) is 0.502. The van der Waals surface area contributed by atoms with E-state index in [0.29, 0.717) is 25.8 Å². The average molecular weight is 456 g/mol. The second kappa shape index (κ2) is 9.83. The van der Waals surface area contributed by atoms with Crippen molar-refractivity contribution in [3.8, 4) is 0 Å². The molecule has 1 saturated heterocycles. The van der Waals surface area contributed by atoms with Gasteiger partial charge in [0.15, 0.2) is 0 Å². The summed E-state index contributed by atoms with van der Waals surface area (Å²) >= 11 is 0. The molecule has 2 aromatic carbocycles. The van der Waals surface area contributed by atoms with E-state index in [1.165, 1.54) is 4.31 Å². The monoisotopic (exact) mass is 455 g/mol. The number of nitrogens with one attached hydrogen (secondary N) is 2. The Bertz CT molecular complexity index is 1040. The lowest BCUT2D eigenvalue weighted by atomic mass is 9.97. The van der Waals surface area contributed by atoms with Crippen LogP contribution in [0.1, 0.15) is 31.2 Å². The van der Waals surface area contributed by atoms with Crippen LogP contribution in [0.2, 0.25) is 0 Å². The summed E-state index contributed by atoms with van der Waals surface area (Å²) in [4.78, 5) is 26.1. The molecule has 170 valence electrons. The minimum atomic E-state index is -3.66. The third-order valence-corrected chi connectivity index (χ3v) is 7.85. The summed E-state index contributed by atoms with van der Waals surface area (Å²) in [7, 11) is -3.66. The number of hydrogen-bond acceptors (Lipinski definition) is 4. The van der Waals surface area contributed by atoms with Crippen LogP contribution in [0.3, 0.4) is 0 Å². The first-order valence-corrected chi connectivity index (χ1v) is 12.6. The summed E-state index contributed by atoms with van der Waals surface area (Å²) in [6, 6.07) is 17.4. The van der Waals surface area contributed by atoms with Crippen LogP contribution < -0.4 is 10.6 Å². The maximum atomic E-state index is 13.1. The molecule has 0 bridgehead atoms. The fourth-order valence-corrected chi connectivity index (χ4v) is 5.54. The molecular weight excluding hydrogens is 426 g/mol. The topological polar surface area (TPSA) is 95.6 Å². The first-order valence-electron chi connectivity index (χ1n) is 11.1. The van der Waals surface area contributed by atoms with Crippen molar-refractivity contribution in [1.82, 2.24) is 14.9 Å². The molecule has 7 nitrogen and oxygen atoms in total. The van der Waals surface area contributed by atoms with Crippen LogP contribution in [0.5, 0.6) is 0 Å². The van der Waals surface area contributed by atoms with Crippen LogP contribution in [-0.4, -0.2) is 49.7 Å². The molecule has 32 heavy (non-hydrogen) atoms. The predicted molar refractivity (Wildman–Crippen MR) is 121 cm³/mol. The Kier molecular flexibility index (Phi) is 6.91. The molecule has 1 aliphatic carbocycles. The second-order valence-corrected chi connectivity index (χ2v) is 10.5. The number of piperidine rings is 1. The Morgan fingerprint density at radius 1 is 0.969 bits per heavy atom. The highest BCUT2D eigenvalue weighted by atomic mass is 32.2. The van der Waals surface area contributed by atoms with Crippen LogP contribution >= 0.6 is 0 Å². The van der Waals surface area contributed by atoms with Crippen molar-refractivity contribution in [1.29, 1.82) is 0 Å². The van der Waals surface area contributed by atoms with Gasteiger partial charge >= 0.3 is 0 Å². The van der Waals surface area contributed by atoms with Gasteiger partial charge in [-0.1, -0.05) is 48.5 Å². The molecule has 1 saturated carbocycles. The summed E-state index contributed by atoms with van der Waals surface area (Å²) < 4.78 is 27.4. The van der Waals surface area contributed by atoms with Gasteiger partial charge in [0.1, 0.15) is 6.04 Å². The molecule has 2 N–H and O–H groups in total. The van der Waals surface area contributed by atoms with Gasteiger partial charge in [0.2, 0.25) is 21.8 Å². The molecule has 8 heteroatoms. The number of rotatable bonds is 8. The molecule has 2 aromatic rings. The van der Waals surface area contributed by atoms with Gasteiger partial charge in [0.25, 0.3) is 0 Å². The second-order valence-electron chi connectivity index (χ2n) is 8.55. The third kappa shape index (κ3) is 5.55. The van der Waals surface area contributed by atoms with Crippen molar-refractivity contribution in [2.75, 3.05) is 13.1 Å². The van der Waals surface area contributed by atoms with E-state index in [0.717, 1.165) is 18.4 Å². The van der Waals surface area contributed by atoms with Crippen LogP contribution in [-0.2, 0) is 26.0 Å². The smallest absolute Gasteiger partial charge is 0.243 e. The van der Waals surface area contributed by atoms with Crippen molar-refractivity contribution in [3.05, 3.63) is 66.2 Å². The van der Waals surface area contributed by atoms with Gasteiger partial charge < -0.3 is 10.6 Å². The van der Waals surface area contributed by atoms with Gasteiger partial charge in [-0.05, 0) is 43.4 Å². The first-order chi connectivity index (χ1) is 15.4. The SMILES string of the molecule is O=C(N[C@@H](Cc1ccccc1)C(=O)NC1CC1)[C@@H]1CCCN(S(=O)(=O)c2ccccc2)C1. The molecule has 0 aromatic heterocycles. The number of carbonyl (C=O) groups excluding carboxylic acids is 2. The third-order valence-electron chi connectivity index (χ3n) is 5.98. The molecule has 0 unspecified atom stereocenters. The van der Waals surface area contributed by atoms with Crippen LogP contribution in [0, 0.1) is 5.92 Å². The fraction of sp³-hybridized carbons (Fsp3) is 0.417. The standard InChI is InChI=1S/C24H29N3O4S/c28-23(19-10-7-15-27(17-19)32(30,31)21-11-5-2-6-12-21)26-22(24(29)25-20-13-14-20)16-18-8-3-1-4-9-18/h1-6,8-9,11-12,19-20,22H,7,10,13-17H2,(H,25,29)(H,26,28)/t19-,22+/m1/s1. The van der Waals surface area contributed by atoms with E-state index in [4.69, 9.17) is 0 Å². The minimum Gasteiger partial charge on any atom is -0.352 e. The molecule has 4 rings (SSSR count). The van der Waals surface area contributed by atoms with Gasteiger partial charge in [0.05, 0.1) is 10.8 Å². The molecular formula is C24H29N3O4S. The normalized spacial score (nSPS) is 20.3. The number of amides is 2. The lowest BCUT2D eigenvalue weighted by molar-refractivity contribution is -0.131. The lowest BCUT2D eigenvalue weighted by Gasteiger charge is -2.32. The summed E-state index contributed by atoms with van der Waals surface area (Å²) in [5.41, 5.74) is 0.959. The Labute approximate surface area is 189 Å². The largest absolute Gasteiger partial charge is 0.352 e. The maximum Gasteiger partial charge on any atom is 0.243 e. The van der Waals surface area contributed by atoms with Gasteiger partial charge in [0, 0.05) is 25.6 Å². The Morgan fingerprint density at radius 3 is 2.28 bits per heavy atom. The van der Waals surface area contributed by atoms with E-state index in [1.54, 1.807) is 30.3 Å². The van der Waals surface area contributed by atoms with Crippen LogP contribution in [0.15, 0.2) is 65.6 Å².